The third kappa shape index (κ3) is 5.80. The van der Waals surface area contributed by atoms with Gasteiger partial charge in [0.25, 0.3) is 5.91 Å². The van der Waals surface area contributed by atoms with Gasteiger partial charge in [0.2, 0.25) is 10.0 Å². The predicted molar refractivity (Wildman–Crippen MR) is 107 cm³/mol. The average Bonchev–Trinajstić information content (AvgIpc) is 2.63. The molecule has 0 fully saturated rings. The molecule has 2 aromatic rings. The van der Waals surface area contributed by atoms with Crippen molar-refractivity contribution in [2.24, 2.45) is 0 Å². The molecule has 0 spiro atoms. The van der Waals surface area contributed by atoms with Crippen LogP contribution in [0.25, 0.3) is 0 Å². The number of benzene rings is 2. The van der Waals surface area contributed by atoms with Gasteiger partial charge in [0.15, 0.2) is 6.61 Å². The maximum atomic E-state index is 12.2. The van der Waals surface area contributed by atoms with Crippen molar-refractivity contribution >= 4 is 21.6 Å². The molecule has 0 aromatic heterocycles. The summed E-state index contributed by atoms with van der Waals surface area (Å²) in [5.74, 6) is 0.150. The second kappa shape index (κ2) is 9.01. The summed E-state index contributed by atoms with van der Waals surface area (Å²) in [5, 5.41) is 2.84. The number of para-hydroxylation sites is 1. The van der Waals surface area contributed by atoms with Gasteiger partial charge in [-0.2, -0.15) is 0 Å². The van der Waals surface area contributed by atoms with Crippen LogP contribution in [0, 0.1) is 13.8 Å². The molecule has 1 atom stereocenters. The monoisotopic (exact) mass is 390 g/mol. The number of carbonyl (C=O) groups is 1. The summed E-state index contributed by atoms with van der Waals surface area (Å²) in [6.45, 7) is 7.41. The van der Waals surface area contributed by atoms with Crippen molar-refractivity contribution < 1.29 is 17.9 Å². The average molecular weight is 391 g/mol. The molecule has 0 aliphatic heterocycles. The van der Waals surface area contributed by atoms with Crippen LogP contribution in [0.5, 0.6) is 5.75 Å². The molecule has 0 saturated heterocycles. The largest absolute Gasteiger partial charge is 0.484 e. The number of sulfonamides is 1. The van der Waals surface area contributed by atoms with Gasteiger partial charge < -0.3 is 10.1 Å². The number of nitrogens with one attached hydrogen (secondary N) is 2. The highest BCUT2D eigenvalue weighted by molar-refractivity contribution is 7.89. The fourth-order valence-electron chi connectivity index (χ4n) is 2.47. The van der Waals surface area contributed by atoms with Crippen LogP contribution in [-0.4, -0.2) is 27.0 Å². The Balaban J connectivity index is 1.96. The number of ether oxygens (including phenoxy) is 1. The van der Waals surface area contributed by atoms with Gasteiger partial charge in [-0.3, -0.25) is 4.79 Å². The third-order valence-corrected chi connectivity index (χ3v) is 5.82. The normalized spacial score (nSPS) is 12.4. The molecule has 7 heteroatoms. The van der Waals surface area contributed by atoms with Crippen LogP contribution >= 0.6 is 0 Å². The van der Waals surface area contributed by atoms with E-state index in [-0.39, 0.29) is 23.5 Å². The molecule has 2 rings (SSSR count). The fourth-order valence-corrected chi connectivity index (χ4v) is 3.79. The first kappa shape index (κ1) is 20.9. The fraction of sp³-hybridized carbons (Fsp3) is 0.350. The first-order chi connectivity index (χ1) is 12.7. The van der Waals surface area contributed by atoms with Gasteiger partial charge in [0, 0.05) is 11.7 Å². The molecule has 0 bridgehead atoms. The lowest BCUT2D eigenvalue weighted by molar-refractivity contribution is -0.118. The maximum Gasteiger partial charge on any atom is 0.262 e. The molecule has 0 aliphatic rings. The molecule has 0 aliphatic carbocycles. The lowest BCUT2D eigenvalue weighted by Crippen LogP contribution is -2.31. The second-order valence-corrected chi connectivity index (χ2v) is 8.22. The van der Waals surface area contributed by atoms with E-state index in [1.807, 2.05) is 45.9 Å². The number of aryl methyl sites for hydroxylation is 2. The minimum absolute atomic E-state index is 0.139. The van der Waals surface area contributed by atoms with Crippen LogP contribution < -0.4 is 14.8 Å². The molecule has 0 radical (unpaired) electrons. The summed E-state index contributed by atoms with van der Waals surface area (Å²) in [4.78, 5) is 12.3. The van der Waals surface area contributed by atoms with E-state index in [1.165, 1.54) is 24.3 Å². The Kier molecular flexibility index (Phi) is 6.98. The van der Waals surface area contributed by atoms with E-state index < -0.39 is 10.0 Å². The van der Waals surface area contributed by atoms with E-state index in [2.05, 4.69) is 10.0 Å². The zero-order valence-electron chi connectivity index (χ0n) is 16.1. The van der Waals surface area contributed by atoms with E-state index in [4.69, 9.17) is 4.74 Å². The Morgan fingerprint density at radius 2 is 1.67 bits per heavy atom. The van der Waals surface area contributed by atoms with E-state index in [9.17, 15) is 13.2 Å². The summed E-state index contributed by atoms with van der Waals surface area (Å²) in [6.07, 6.45) is 0.704. The highest BCUT2D eigenvalue weighted by Gasteiger charge is 2.16. The Hall–Kier alpha value is -2.38. The Morgan fingerprint density at radius 1 is 1.07 bits per heavy atom. The van der Waals surface area contributed by atoms with Crippen molar-refractivity contribution in [2.45, 2.75) is 45.1 Å². The highest BCUT2D eigenvalue weighted by Crippen LogP contribution is 2.20. The number of rotatable bonds is 8. The van der Waals surface area contributed by atoms with Crippen LogP contribution in [0.3, 0.4) is 0 Å². The predicted octanol–water partition coefficient (Wildman–Crippen LogP) is 3.40. The van der Waals surface area contributed by atoms with E-state index in [0.717, 1.165) is 16.8 Å². The van der Waals surface area contributed by atoms with Crippen LogP contribution in [-0.2, 0) is 14.8 Å². The van der Waals surface area contributed by atoms with Gasteiger partial charge in [-0.1, -0.05) is 25.1 Å². The molecule has 1 amide bonds. The SMILES string of the molecule is CC[C@@H](C)NS(=O)(=O)c1ccc(OCC(=O)Nc2c(C)cccc2C)cc1. The molecular weight excluding hydrogens is 364 g/mol. The van der Waals surface area contributed by atoms with Crippen LogP contribution in [0.4, 0.5) is 5.69 Å². The molecule has 146 valence electrons. The van der Waals surface area contributed by atoms with E-state index in [1.54, 1.807) is 0 Å². The van der Waals surface area contributed by atoms with Crippen molar-refractivity contribution in [1.29, 1.82) is 0 Å². The highest BCUT2D eigenvalue weighted by atomic mass is 32.2. The zero-order valence-corrected chi connectivity index (χ0v) is 16.9. The standard InChI is InChI=1S/C20H26N2O4S/c1-5-16(4)22-27(24,25)18-11-9-17(10-12-18)26-13-19(23)21-20-14(2)7-6-8-15(20)3/h6-12,16,22H,5,13H2,1-4H3,(H,21,23)/t16-/m1/s1. The van der Waals surface area contributed by atoms with Gasteiger partial charge in [-0.05, 0) is 62.6 Å². The van der Waals surface area contributed by atoms with Crippen LogP contribution in [0.15, 0.2) is 47.4 Å². The van der Waals surface area contributed by atoms with Gasteiger partial charge in [-0.15, -0.1) is 0 Å². The van der Waals surface area contributed by atoms with Crippen LogP contribution in [0.2, 0.25) is 0 Å². The molecule has 2 aromatic carbocycles. The smallest absolute Gasteiger partial charge is 0.262 e. The summed E-state index contributed by atoms with van der Waals surface area (Å²) in [6, 6.07) is 11.6. The molecule has 0 unspecified atom stereocenters. The molecule has 0 saturated carbocycles. The van der Waals surface area contributed by atoms with Crippen molar-refractivity contribution in [3.63, 3.8) is 0 Å². The Morgan fingerprint density at radius 3 is 2.22 bits per heavy atom. The molecule has 0 heterocycles. The molecule has 2 N–H and O–H groups in total. The number of hydrogen-bond acceptors (Lipinski definition) is 4. The second-order valence-electron chi connectivity index (χ2n) is 6.51. The molecule has 6 nitrogen and oxygen atoms in total. The Bertz CT molecular complexity index is 872. The summed E-state index contributed by atoms with van der Waals surface area (Å²) >= 11 is 0. The van der Waals surface area contributed by atoms with Crippen molar-refractivity contribution in [2.75, 3.05) is 11.9 Å². The zero-order chi connectivity index (χ0) is 20.0. The maximum absolute atomic E-state index is 12.2. The first-order valence-corrected chi connectivity index (χ1v) is 10.3. The van der Waals surface area contributed by atoms with Gasteiger partial charge >= 0.3 is 0 Å². The summed E-state index contributed by atoms with van der Waals surface area (Å²) in [7, 11) is -3.55. The topological polar surface area (TPSA) is 84.5 Å². The van der Waals surface area contributed by atoms with Crippen molar-refractivity contribution in [1.82, 2.24) is 4.72 Å². The quantitative estimate of drug-likeness (QED) is 0.723. The minimum Gasteiger partial charge on any atom is -0.484 e. The van der Waals surface area contributed by atoms with Crippen LogP contribution in [0.1, 0.15) is 31.4 Å². The first-order valence-electron chi connectivity index (χ1n) is 8.84. The lowest BCUT2D eigenvalue weighted by atomic mass is 10.1. The van der Waals surface area contributed by atoms with Gasteiger partial charge in [0.05, 0.1) is 4.90 Å². The van der Waals surface area contributed by atoms with E-state index in [0.29, 0.717) is 12.2 Å². The third-order valence-electron chi connectivity index (χ3n) is 4.22. The molecule has 27 heavy (non-hydrogen) atoms. The van der Waals surface area contributed by atoms with Crippen molar-refractivity contribution in [3.8, 4) is 5.75 Å². The van der Waals surface area contributed by atoms with Gasteiger partial charge in [0.1, 0.15) is 5.75 Å². The van der Waals surface area contributed by atoms with Gasteiger partial charge in [-0.25, -0.2) is 13.1 Å². The molecular formula is C20H26N2O4S. The number of carbonyl (C=O) groups excluding carboxylic acids is 1. The lowest BCUT2D eigenvalue weighted by Gasteiger charge is -2.13. The van der Waals surface area contributed by atoms with E-state index >= 15 is 0 Å². The van der Waals surface area contributed by atoms with Crippen molar-refractivity contribution in [3.05, 3.63) is 53.6 Å². The summed E-state index contributed by atoms with van der Waals surface area (Å²) in [5.41, 5.74) is 2.74. The summed E-state index contributed by atoms with van der Waals surface area (Å²) < 4.78 is 32.5. The number of hydrogen-bond donors (Lipinski definition) is 2. The number of amides is 1. The Labute approximate surface area is 161 Å². The number of anilines is 1. The minimum atomic E-state index is -3.55.